The molecule has 2 fully saturated rings. The van der Waals surface area contributed by atoms with Crippen molar-refractivity contribution in [2.24, 2.45) is 5.73 Å². The van der Waals surface area contributed by atoms with E-state index in [-0.39, 0.29) is 23.2 Å². The number of nitrogens with one attached hydrogen (secondary N) is 1. The second-order valence-electron chi connectivity index (χ2n) is 6.72. The lowest BCUT2D eigenvalue weighted by Crippen LogP contribution is -2.54. The summed E-state index contributed by atoms with van der Waals surface area (Å²) in [6, 6.07) is 6.38. The second kappa shape index (κ2) is 8.67. The maximum absolute atomic E-state index is 12.8. The van der Waals surface area contributed by atoms with Crippen molar-refractivity contribution in [3.05, 3.63) is 24.3 Å². The predicted octanol–water partition coefficient (Wildman–Crippen LogP) is 1.73. The first-order chi connectivity index (χ1) is 11.9. The van der Waals surface area contributed by atoms with Gasteiger partial charge in [-0.25, -0.2) is 8.42 Å². The number of anilines is 1. The number of nitrogens with zero attached hydrogens (tertiary/aromatic N) is 1. The smallest absolute Gasteiger partial charge is 0.244 e. The lowest BCUT2D eigenvalue weighted by Gasteiger charge is -2.31. The van der Waals surface area contributed by atoms with Gasteiger partial charge >= 0.3 is 0 Å². The summed E-state index contributed by atoms with van der Waals surface area (Å²) in [6.07, 6.45) is 3.72. The first-order valence-corrected chi connectivity index (χ1v) is 10.1. The number of piperidine rings is 1. The zero-order valence-corrected chi connectivity index (χ0v) is 16.3. The van der Waals surface area contributed by atoms with E-state index in [2.05, 4.69) is 5.32 Å². The highest BCUT2D eigenvalue weighted by atomic mass is 35.5. The third-order valence-electron chi connectivity index (χ3n) is 4.88. The number of sulfonamides is 1. The number of carbonyl (C=O) groups is 1. The van der Waals surface area contributed by atoms with Crippen LogP contribution in [-0.2, 0) is 19.6 Å². The van der Waals surface area contributed by atoms with Crippen LogP contribution in [0.5, 0.6) is 0 Å². The number of halogens is 1. The summed E-state index contributed by atoms with van der Waals surface area (Å²) in [7, 11) is -3.53. The van der Waals surface area contributed by atoms with E-state index in [9.17, 15) is 13.2 Å². The molecule has 2 saturated heterocycles. The molecule has 7 nitrogen and oxygen atoms in total. The highest BCUT2D eigenvalue weighted by molar-refractivity contribution is 7.89. The number of ether oxygens (including phenoxy) is 1. The van der Waals surface area contributed by atoms with Crippen LogP contribution in [-0.4, -0.2) is 50.5 Å². The summed E-state index contributed by atoms with van der Waals surface area (Å²) in [5, 5.41) is 2.77. The summed E-state index contributed by atoms with van der Waals surface area (Å²) >= 11 is 0. The molecule has 2 heterocycles. The van der Waals surface area contributed by atoms with Crippen molar-refractivity contribution >= 4 is 34.0 Å². The molecule has 0 aromatic heterocycles. The van der Waals surface area contributed by atoms with E-state index in [4.69, 9.17) is 10.5 Å². The normalized spacial score (nSPS) is 20.8. The molecule has 0 bridgehead atoms. The van der Waals surface area contributed by atoms with Gasteiger partial charge in [0.1, 0.15) is 5.54 Å². The first kappa shape index (κ1) is 21.1. The molecule has 2 aliphatic rings. The highest BCUT2D eigenvalue weighted by Crippen LogP contribution is 2.24. The minimum absolute atomic E-state index is 0. The van der Waals surface area contributed by atoms with Crippen LogP contribution < -0.4 is 11.1 Å². The van der Waals surface area contributed by atoms with Crippen LogP contribution in [0.2, 0.25) is 0 Å². The molecule has 3 N–H and O–H groups in total. The summed E-state index contributed by atoms with van der Waals surface area (Å²) < 4.78 is 32.3. The summed E-state index contributed by atoms with van der Waals surface area (Å²) in [6.45, 7) is 2.00. The number of nitrogens with two attached hydrogens (primary N) is 1. The predicted molar refractivity (Wildman–Crippen MR) is 102 cm³/mol. The lowest BCUT2D eigenvalue weighted by molar-refractivity contribution is -0.124. The van der Waals surface area contributed by atoms with Gasteiger partial charge in [0.15, 0.2) is 0 Å². The zero-order valence-electron chi connectivity index (χ0n) is 14.6. The van der Waals surface area contributed by atoms with Gasteiger partial charge in [-0.15, -0.1) is 12.4 Å². The van der Waals surface area contributed by atoms with Gasteiger partial charge in [-0.05, 0) is 43.9 Å². The van der Waals surface area contributed by atoms with Crippen molar-refractivity contribution in [1.29, 1.82) is 0 Å². The fourth-order valence-electron chi connectivity index (χ4n) is 3.21. The molecule has 0 radical (unpaired) electrons. The average molecular weight is 404 g/mol. The molecular formula is C17H26ClN3O4S. The van der Waals surface area contributed by atoms with E-state index in [1.165, 1.54) is 10.4 Å². The molecule has 0 aliphatic carbocycles. The molecule has 0 spiro atoms. The van der Waals surface area contributed by atoms with Gasteiger partial charge in [-0.3, -0.25) is 4.79 Å². The van der Waals surface area contributed by atoms with Crippen LogP contribution in [0.1, 0.15) is 32.1 Å². The molecule has 2 aliphatic heterocycles. The number of carbonyl (C=O) groups excluding carboxylic acids is 1. The summed E-state index contributed by atoms with van der Waals surface area (Å²) in [4.78, 5) is 12.7. The molecule has 0 unspecified atom stereocenters. The highest BCUT2D eigenvalue weighted by Gasteiger charge is 2.36. The zero-order chi connectivity index (χ0) is 17.9. The lowest BCUT2D eigenvalue weighted by atomic mass is 9.90. The van der Waals surface area contributed by atoms with Crippen molar-refractivity contribution in [3.8, 4) is 0 Å². The van der Waals surface area contributed by atoms with Gasteiger partial charge in [0.05, 0.1) is 4.90 Å². The monoisotopic (exact) mass is 403 g/mol. The Hall–Kier alpha value is -1.19. The van der Waals surface area contributed by atoms with Crippen molar-refractivity contribution in [2.75, 3.05) is 31.6 Å². The number of hydrogen-bond donors (Lipinski definition) is 2. The van der Waals surface area contributed by atoms with Crippen LogP contribution in [0, 0.1) is 0 Å². The van der Waals surface area contributed by atoms with Crippen LogP contribution >= 0.6 is 12.4 Å². The van der Waals surface area contributed by atoms with E-state index in [0.29, 0.717) is 44.8 Å². The Morgan fingerprint density at radius 1 is 1.15 bits per heavy atom. The van der Waals surface area contributed by atoms with Crippen LogP contribution in [0.4, 0.5) is 5.69 Å². The van der Waals surface area contributed by atoms with Crippen molar-refractivity contribution < 1.29 is 17.9 Å². The molecule has 0 atom stereocenters. The molecule has 1 aromatic carbocycles. The van der Waals surface area contributed by atoms with Gasteiger partial charge in [-0.2, -0.15) is 4.31 Å². The summed E-state index contributed by atoms with van der Waals surface area (Å²) in [5.74, 6) is -0.302. The van der Waals surface area contributed by atoms with E-state index < -0.39 is 15.6 Å². The fraction of sp³-hybridized carbons (Fsp3) is 0.588. The Bertz CT molecular complexity index is 729. The number of benzene rings is 1. The topological polar surface area (TPSA) is 102 Å². The molecule has 1 aromatic rings. The minimum Gasteiger partial charge on any atom is -0.381 e. The van der Waals surface area contributed by atoms with E-state index in [1.54, 1.807) is 18.2 Å². The number of rotatable bonds is 4. The summed E-state index contributed by atoms with van der Waals surface area (Å²) in [5.41, 5.74) is 5.64. The fourth-order valence-corrected chi connectivity index (χ4v) is 4.77. The van der Waals surface area contributed by atoms with Crippen LogP contribution in [0.3, 0.4) is 0 Å². The molecular weight excluding hydrogens is 378 g/mol. The molecule has 0 saturated carbocycles. The third-order valence-corrected chi connectivity index (χ3v) is 6.78. The third kappa shape index (κ3) is 4.55. The van der Waals surface area contributed by atoms with Crippen molar-refractivity contribution in [3.63, 3.8) is 0 Å². The maximum Gasteiger partial charge on any atom is 0.244 e. The Labute approximate surface area is 160 Å². The molecule has 3 rings (SSSR count). The Morgan fingerprint density at radius 3 is 2.46 bits per heavy atom. The standard InChI is InChI=1S/C17H25N3O4S.ClH/c18-17(7-11-24-12-8-17)16(21)19-14-5-4-6-15(13-14)25(22,23)20-9-2-1-3-10-20;/h4-6,13H,1-3,7-12,18H2,(H,19,21);1H. The average Bonchev–Trinajstić information content (AvgIpc) is 2.63. The molecule has 1 amide bonds. The van der Waals surface area contributed by atoms with Crippen molar-refractivity contribution in [2.45, 2.75) is 42.5 Å². The first-order valence-electron chi connectivity index (χ1n) is 8.70. The Balaban J connectivity index is 0.00000243. The van der Waals surface area contributed by atoms with E-state index >= 15 is 0 Å². The molecule has 9 heteroatoms. The Kier molecular flexibility index (Phi) is 7.04. The van der Waals surface area contributed by atoms with Crippen molar-refractivity contribution in [1.82, 2.24) is 4.31 Å². The second-order valence-corrected chi connectivity index (χ2v) is 8.65. The van der Waals surface area contributed by atoms with E-state index in [1.807, 2.05) is 0 Å². The van der Waals surface area contributed by atoms with Gasteiger partial charge in [-0.1, -0.05) is 12.5 Å². The van der Waals surface area contributed by atoms with Gasteiger partial charge < -0.3 is 15.8 Å². The SMILES string of the molecule is Cl.NC1(C(=O)Nc2cccc(S(=O)(=O)N3CCCCC3)c2)CCOCC1. The maximum atomic E-state index is 12.8. The molecule has 26 heavy (non-hydrogen) atoms. The molecule has 146 valence electrons. The largest absolute Gasteiger partial charge is 0.381 e. The van der Waals surface area contributed by atoms with E-state index in [0.717, 1.165) is 19.3 Å². The number of hydrogen-bond acceptors (Lipinski definition) is 5. The van der Waals surface area contributed by atoms with Gasteiger partial charge in [0, 0.05) is 32.0 Å². The Morgan fingerprint density at radius 2 is 1.81 bits per heavy atom. The van der Waals surface area contributed by atoms with Gasteiger partial charge in [0.25, 0.3) is 0 Å². The van der Waals surface area contributed by atoms with Gasteiger partial charge in [0.2, 0.25) is 15.9 Å². The van der Waals surface area contributed by atoms with Crippen LogP contribution in [0.15, 0.2) is 29.2 Å². The quantitative estimate of drug-likeness (QED) is 0.797. The van der Waals surface area contributed by atoms with Crippen LogP contribution in [0.25, 0.3) is 0 Å². The minimum atomic E-state index is -3.53. The number of amides is 1.